The third-order valence-electron chi connectivity index (χ3n) is 4.09. The molecule has 0 radical (unpaired) electrons. The zero-order valence-corrected chi connectivity index (χ0v) is 14.9. The lowest BCUT2D eigenvalue weighted by Gasteiger charge is -2.24. The molecule has 2 amide bonds. The molecule has 1 aromatic rings. The molecule has 1 aromatic carbocycles. The molecule has 1 unspecified atom stereocenters. The summed E-state index contributed by atoms with van der Waals surface area (Å²) in [6.07, 6.45) is -2.99. The van der Waals surface area contributed by atoms with E-state index in [1.165, 1.54) is 4.90 Å². The number of amides is 2. The number of nitrogens with zero attached hydrogens (tertiary/aromatic N) is 1. The first-order valence-electron chi connectivity index (χ1n) is 7.76. The molecule has 2 rings (SSSR count). The molecule has 1 fully saturated rings. The van der Waals surface area contributed by atoms with Crippen LogP contribution in [0.25, 0.3) is 0 Å². The van der Waals surface area contributed by atoms with Crippen molar-refractivity contribution in [2.45, 2.75) is 37.6 Å². The molecule has 0 spiro atoms. The fourth-order valence-electron chi connectivity index (χ4n) is 2.59. The molecule has 0 bridgehead atoms. The summed E-state index contributed by atoms with van der Waals surface area (Å²) in [4.78, 5) is 25.6. The monoisotopic (exact) mass is 399 g/mol. The number of aliphatic hydroxyl groups excluding tert-OH is 2. The van der Waals surface area contributed by atoms with Crippen LogP contribution in [0.3, 0.4) is 0 Å². The number of nitrogens with one attached hydrogen (secondary N) is 1. The van der Waals surface area contributed by atoms with Gasteiger partial charge in [0.05, 0.1) is 6.04 Å². The highest BCUT2D eigenvalue weighted by atomic mass is 79.9. The second-order valence-electron chi connectivity index (χ2n) is 6.00. The number of carbonyl (C=O) groups is 2. The van der Waals surface area contributed by atoms with Gasteiger partial charge in [-0.25, -0.2) is 0 Å². The van der Waals surface area contributed by atoms with E-state index in [9.17, 15) is 19.8 Å². The van der Waals surface area contributed by atoms with Crippen LogP contribution in [0, 0.1) is 0 Å². The van der Waals surface area contributed by atoms with E-state index in [4.69, 9.17) is 5.73 Å². The molecular formula is C16H22BrN3O4. The third-order valence-corrected chi connectivity index (χ3v) is 4.61. The maximum absolute atomic E-state index is 12.1. The van der Waals surface area contributed by atoms with Gasteiger partial charge in [0, 0.05) is 23.6 Å². The van der Waals surface area contributed by atoms with Crippen LogP contribution in [0.1, 0.15) is 24.9 Å². The number of nitrogens with two attached hydrogens (primary N) is 1. The summed E-state index contributed by atoms with van der Waals surface area (Å²) >= 11 is 3.33. The van der Waals surface area contributed by atoms with Gasteiger partial charge in [-0.1, -0.05) is 28.1 Å². The first kappa shape index (κ1) is 18.9. The highest BCUT2D eigenvalue weighted by Crippen LogP contribution is 2.17. The first-order chi connectivity index (χ1) is 11.3. The van der Waals surface area contributed by atoms with Crippen LogP contribution >= 0.6 is 15.9 Å². The third kappa shape index (κ3) is 4.54. The molecule has 1 heterocycles. The summed E-state index contributed by atoms with van der Waals surface area (Å²) < 4.78 is 0.912. The van der Waals surface area contributed by atoms with Gasteiger partial charge in [0.15, 0.2) is 12.2 Å². The number of carbonyl (C=O) groups excluding carboxylic acids is 2. The fourth-order valence-corrected chi connectivity index (χ4v) is 2.85. The average molecular weight is 400 g/mol. The lowest BCUT2D eigenvalue weighted by atomic mass is 10.1. The van der Waals surface area contributed by atoms with Crippen LogP contribution in [0.15, 0.2) is 28.7 Å². The van der Waals surface area contributed by atoms with E-state index in [-0.39, 0.29) is 12.1 Å². The van der Waals surface area contributed by atoms with E-state index in [0.717, 1.165) is 10.0 Å². The van der Waals surface area contributed by atoms with E-state index in [1.54, 1.807) is 6.92 Å². The SMILES string of the molecule is C[C@H](NC(=O)[C@H](O)C(O)C(=O)N1CC[C@@H](N)C1)c1ccc(Br)cc1. The predicted octanol–water partition coefficient (Wildman–Crippen LogP) is -0.0923. The molecule has 5 N–H and O–H groups in total. The second-order valence-corrected chi connectivity index (χ2v) is 6.92. The van der Waals surface area contributed by atoms with Crippen molar-refractivity contribution in [2.24, 2.45) is 5.73 Å². The summed E-state index contributed by atoms with van der Waals surface area (Å²) in [6.45, 7) is 2.49. The largest absolute Gasteiger partial charge is 0.380 e. The van der Waals surface area contributed by atoms with Crippen LogP contribution in [0.2, 0.25) is 0 Å². The molecule has 24 heavy (non-hydrogen) atoms. The minimum atomic E-state index is -1.83. The van der Waals surface area contributed by atoms with Gasteiger partial charge in [0.1, 0.15) is 0 Å². The van der Waals surface area contributed by atoms with E-state index in [2.05, 4.69) is 21.2 Å². The van der Waals surface area contributed by atoms with E-state index < -0.39 is 24.0 Å². The number of hydrogen-bond donors (Lipinski definition) is 4. The van der Waals surface area contributed by atoms with Gasteiger partial charge in [-0.15, -0.1) is 0 Å². The Morgan fingerprint density at radius 1 is 1.29 bits per heavy atom. The van der Waals surface area contributed by atoms with Crippen molar-refractivity contribution in [1.82, 2.24) is 10.2 Å². The Balaban J connectivity index is 1.93. The van der Waals surface area contributed by atoms with Gasteiger partial charge in [0.25, 0.3) is 11.8 Å². The normalized spacial score (nSPS) is 21.2. The number of aliphatic hydroxyl groups is 2. The topological polar surface area (TPSA) is 116 Å². The molecule has 8 heteroatoms. The molecule has 7 nitrogen and oxygen atoms in total. The van der Waals surface area contributed by atoms with Crippen molar-refractivity contribution in [3.63, 3.8) is 0 Å². The maximum atomic E-state index is 12.1. The minimum Gasteiger partial charge on any atom is -0.380 e. The van der Waals surface area contributed by atoms with Crippen molar-refractivity contribution >= 4 is 27.7 Å². The zero-order valence-electron chi connectivity index (χ0n) is 13.4. The molecule has 1 saturated heterocycles. The molecule has 4 atom stereocenters. The summed E-state index contributed by atoms with van der Waals surface area (Å²) in [5.74, 6) is -1.48. The molecular weight excluding hydrogens is 378 g/mol. The highest BCUT2D eigenvalue weighted by Gasteiger charge is 2.36. The first-order valence-corrected chi connectivity index (χ1v) is 8.55. The molecule has 0 aliphatic carbocycles. The molecule has 1 aliphatic heterocycles. The number of likely N-dealkylation sites (tertiary alicyclic amines) is 1. The van der Waals surface area contributed by atoms with Crippen LogP contribution in [0.4, 0.5) is 0 Å². The van der Waals surface area contributed by atoms with Gasteiger partial charge in [0.2, 0.25) is 0 Å². The summed E-state index contributed by atoms with van der Waals surface area (Å²) in [5, 5.41) is 22.5. The summed E-state index contributed by atoms with van der Waals surface area (Å²) in [5.41, 5.74) is 6.56. The summed E-state index contributed by atoms with van der Waals surface area (Å²) in [7, 11) is 0. The average Bonchev–Trinajstić information content (AvgIpc) is 2.99. The van der Waals surface area contributed by atoms with Crippen molar-refractivity contribution in [2.75, 3.05) is 13.1 Å². The second kappa shape index (κ2) is 8.06. The van der Waals surface area contributed by atoms with Gasteiger partial charge < -0.3 is 26.2 Å². The molecule has 0 aromatic heterocycles. The van der Waals surface area contributed by atoms with Crippen LogP contribution in [0.5, 0.6) is 0 Å². The Morgan fingerprint density at radius 3 is 2.46 bits per heavy atom. The zero-order chi connectivity index (χ0) is 17.9. The van der Waals surface area contributed by atoms with E-state index >= 15 is 0 Å². The van der Waals surface area contributed by atoms with Crippen molar-refractivity contribution in [3.05, 3.63) is 34.3 Å². The molecule has 1 aliphatic rings. The molecule has 132 valence electrons. The van der Waals surface area contributed by atoms with E-state index in [0.29, 0.717) is 19.5 Å². The quantitative estimate of drug-likeness (QED) is 0.551. The Morgan fingerprint density at radius 2 is 1.92 bits per heavy atom. The number of hydrogen-bond acceptors (Lipinski definition) is 5. The van der Waals surface area contributed by atoms with Crippen molar-refractivity contribution < 1.29 is 19.8 Å². The lowest BCUT2D eigenvalue weighted by molar-refractivity contribution is -0.152. The molecule has 0 saturated carbocycles. The summed E-state index contributed by atoms with van der Waals surface area (Å²) in [6, 6.07) is 6.82. The van der Waals surface area contributed by atoms with Crippen LogP contribution in [-0.4, -0.2) is 58.3 Å². The minimum absolute atomic E-state index is 0.135. The smallest absolute Gasteiger partial charge is 0.254 e. The van der Waals surface area contributed by atoms with Crippen molar-refractivity contribution in [1.29, 1.82) is 0 Å². The number of rotatable bonds is 5. The Kier molecular flexibility index (Phi) is 6.34. The van der Waals surface area contributed by atoms with Gasteiger partial charge >= 0.3 is 0 Å². The lowest BCUT2D eigenvalue weighted by Crippen LogP contribution is -2.50. The van der Waals surface area contributed by atoms with Crippen LogP contribution < -0.4 is 11.1 Å². The van der Waals surface area contributed by atoms with Gasteiger partial charge in [-0.2, -0.15) is 0 Å². The van der Waals surface area contributed by atoms with Gasteiger partial charge in [-0.05, 0) is 31.0 Å². The Labute approximate surface area is 149 Å². The Hall–Kier alpha value is -1.48. The van der Waals surface area contributed by atoms with E-state index in [1.807, 2.05) is 24.3 Å². The van der Waals surface area contributed by atoms with Crippen molar-refractivity contribution in [3.8, 4) is 0 Å². The van der Waals surface area contributed by atoms with Crippen LogP contribution in [-0.2, 0) is 9.59 Å². The Bertz CT molecular complexity index is 595. The number of benzene rings is 1. The highest BCUT2D eigenvalue weighted by molar-refractivity contribution is 9.10. The standard InChI is InChI=1S/C16H22BrN3O4/c1-9(10-2-4-11(17)5-3-10)19-15(23)13(21)14(22)16(24)20-7-6-12(18)8-20/h2-5,9,12-14,21-22H,6-8,18H2,1H3,(H,19,23)/t9-,12+,13+,14?/m0/s1. The maximum Gasteiger partial charge on any atom is 0.254 e. The fraction of sp³-hybridized carbons (Fsp3) is 0.500. The predicted molar refractivity (Wildman–Crippen MR) is 91.9 cm³/mol. The van der Waals surface area contributed by atoms with Gasteiger partial charge in [-0.3, -0.25) is 9.59 Å². The number of halogens is 1.